The maximum Gasteiger partial charge on any atom is 0.236 e. The van der Waals surface area contributed by atoms with Crippen LogP contribution in [-0.2, 0) is 10.0 Å². The zero-order valence-corrected chi connectivity index (χ0v) is 12.1. The van der Waals surface area contributed by atoms with Gasteiger partial charge in [-0.15, -0.1) is 0 Å². The Morgan fingerprint density at radius 2 is 2.00 bits per heavy atom. The third-order valence-corrected chi connectivity index (χ3v) is 4.42. The van der Waals surface area contributed by atoms with E-state index >= 15 is 0 Å². The molecule has 1 heterocycles. The molecule has 0 aliphatic rings. The molecule has 1 aromatic heterocycles. The molecule has 102 valence electrons. The standard InChI is InChI=1S/C12H21N3O2S/c1-5-13-8-10(3)18(16,17)15-12-7-6-9(2)14-11(12)4/h6-7,10,13,15H,5,8H2,1-4H3. The number of anilines is 1. The van der Waals surface area contributed by atoms with E-state index in [1.54, 1.807) is 26.0 Å². The van der Waals surface area contributed by atoms with Crippen molar-refractivity contribution in [2.45, 2.75) is 32.9 Å². The number of aromatic nitrogens is 1. The van der Waals surface area contributed by atoms with Gasteiger partial charge in [0.05, 0.1) is 16.6 Å². The van der Waals surface area contributed by atoms with Gasteiger partial charge in [-0.2, -0.15) is 0 Å². The highest BCUT2D eigenvalue weighted by Crippen LogP contribution is 2.16. The third kappa shape index (κ3) is 3.96. The molecule has 0 radical (unpaired) electrons. The van der Waals surface area contributed by atoms with Crippen molar-refractivity contribution in [1.29, 1.82) is 0 Å². The quantitative estimate of drug-likeness (QED) is 0.821. The van der Waals surface area contributed by atoms with Crippen LogP contribution in [0.15, 0.2) is 12.1 Å². The van der Waals surface area contributed by atoms with E-state index < -0.39 is 15.3 Å². The van der Waals surface area contributed by atoms with Crippen LogP contribution in [0.4, 0.5) is 5.69 Å². The van der Waals surface area contributed by atoms with Crippen molar-refractivity contribution >= 4 is 15.7 Å². The summed E-state index contributed by atoms with van der Waals surface area (Å²) in [6.45, 7) is 8.48. The maximum atomic E-state index is 12.1. The van der Waals surface area contributed by atoms with Gasteiger partial charge in [0.2, 0.25) is 10.0 Å². The van der Waals surface area contributed by atoms with Crippen molar-refractivity contribution in [3.63, 3.8) is 0 Å². The Bertz CT molecular complexity index is 500. The highest BCUT2D eigenvalue weighted by Gasteiger charge is 2.20. The van der Waals surface area contributed by atoms with Crippen LogP contribution in [-0.4, -0.2) is 31.7 Å². The number of aryl methyl sites for hydroxylation is 2. The first-order valence-electron chi connectivity index (χ1n) is 6.03. The summed E-state index contributed by atoms with van der Waals surface area (Å²) < 4.78 is 26.7. The lowest BCUT2D eigenvalue weighted by atomic mass is 10.3. The monoisotopic (exact) mass is 271 g/mol. The fourth-order valence-electron chi connectivity index (χ4n) is 1.51. The zero-order valence-electron chi connectivity index (χ0n) is 11.3. The Labute approximate surface area is 109 Å². The van der Waals surface area contributed by atoms with Gasteiger partial charge in [-0.25, -0.2) is 8.42 Å². The average molecular weight is 271 g/mol. The van der Waals surface area contributed by atoms with Gasteiger partial charge >= 0.3 is 0 Å². The van der Waals surface area contributed by atoms with Crippen LogP contribution in [0.3, 0.4) is 0 Å². The molecular weight excluding hydrogens is 250 g/mol. The summed E-state index contributed by atoms with van der Waals surface area (Å²) in [6.07, 6.45) is 0. The number of nitrogens with zero attached hydrogens (tertiary/aromatic N) is 1. The van der Waals surface area contributed by atoms with Crippen LogP contribution in [0.25, 0.3) is 0 Å². The molecule has 0 aliphatic carbocycles. The smallest absolute Gasteiger partial charge is 0.236 e. The van der Waals surface area contributed by atoms with Crippen LogP contribution >= 0.6 is 0 Å². The molecule has 0 spiro atoms. The van der Waals surface area contributed by atoms with E-state index in [2.05, 4.69) is 15.0 Å². The van der Waals surface area contributed by atoms with E-state index in [1.807, 2.05) is 13.8 Å². The molecule has 0 fully saturated rings. The van der Waals surface area contributed by atoms with Crippen molar-refractivity contribution in [2.75, 3.05) is 17.8 Å². The third-order valence-electron chi connectivity index (χ3n) is 2.69. The fourth-order valence-corrected chi connectivity index (χ4v) is 2.57. The molecule has 5 nitrogen and oxygen atoms in total. The van der Waals surface area contributed by atoms with Gasteiger partial charge in [-0.05, 0) is 39.4 Å². The summed E-state index contributed by atoms with van der Waals surface area (Å²) in [5.74, 6) is 0. The number of pyridine rings is 1. The Morgan fingerprint density at radius 1 is 1.33 bits per heavy atom. The van der Waals surface area contributed by atoms with Gasteiger partial charge in [0.25, 0.3) is 0 Å². The second kappa shape index (κ2) is 6.15. The van der Waals surface area contributed by atoms with Crippen molar-refractivity contribution < 1.29 is 8.42 Å². The molecule has 0 aliphatic heterocycles. The molecule has 0 bridgehead atoms. The summed E-state index contributed by atoms with van der Waals surface area (Å²) >= 11 is 0. The first kappa shape index (κ1) is 14.9. The Hall–Kier alpha value is -1.14. The van der Waals surface area contributed by atoms with Crippen molar-refractivity contribution in [1.82, 2.24) is 10.3 Å². The number of rotatable bonds is 6. The molecule has 6 heteroatoms. The maximum absolute atomic E-state index is 12.1. The van der Waals surface area contributed by atoms with Crippen LogP contribution in [0, 0.1) is 13.8 Å². The SMILES string of the molecule is CCNCC(C)S(=O)(=O)Nc1ccc(C)nc1C. The molecular formula is C12H21N3O2S. The van der Waals surface area contributed by atoms with Gasteiger partial charge in [0, 0.05) is 12.2 Å². The number of hydrogen-bond acceptors (Lipinski definition) is 4. The zero-order chi connectivity index (χ0) is 13.8. The summed E-state index contributed by atoms with van der Waals surface area (Å²) in [5.41, 5.74) is 2.11. The van der Waals surface area contributed by atoms with Crippen molar-refractivity contribution in [2.24, 2.45) is 0 Å². The second-order valence-corrected chi connectivity index (χ2v) is 6.45. The van der Waals surface area contributed by atoms with Crippen molar-refractivity contribution in [3.8, 4) is 0 Å². The predicted molar refractivity (Wildman–Crippen MR) is 74.3 cm³/mol. The van der Waals surface area contributed by atoms with E-state index in [0.717, 1.165) is 12.2 Å². The van der Waals surface area contributed by atoms with Crippen LogP contribution < -0.4 is 10.0 Å². The largest absolute Gasteiger partial charge is 0.316 e. The minimum atomic E-state index is -3.37. The minimum absolute atomic E-state index is 0.435. The fraction of sp³-hybridized carbons (Fsp3) is 0.583. The average Bonchev–Trinajstić information content (AvgIpc) is 2.29. The second-order valence-electron chi connectivity index (χ2n) is 4.35. The Balaban J connectivity index is 2.82. The summed E-state index contributed by atoms with van der Waals surface area (Å²) in [7, 11) is -3.37. The normalized spacial score (nSPS) is 13.3. The molecule has 1 aromatic rings. The molecule has 18 heavy (non-hydrogen) atoms. The van der Waals surface area contributed by atoms with Gasteiger partial charge < -0.3 is 5.32 Å². The van der Waals surface area contributed by atoms with Crippen LogP contribution in [0.5, 0.6) is 0 Å². The first-order valence-corrected chi connectivity index (χ1v) is 7.58. The van der Waals surface area contributed by atoms with E-state index in [-0.39, 0.29) is 0 Å². The molecule has 1 rings (SSSR count). The molecule has 0 saturated heterocycles. The topological polar surface area (TPSA) is 71.1 Å². The predicted octanol–water partition coefficient (Wildman–Crippen LogP) is 1.44. The molecule has 0 saturated carbocycles. The van der Waals surface area contributed by atoms with E-state index in [0.29, 0.717) is 17.9 Å². The lowest BCUT2D eigenvalue weighted by Crippen LogP contribution is -2.34. The Kier molecular flexibility index (Phi) is 5.10. The molecule has 0 aromatic carbocycles. The first-order chi connectivity index (χ1) is 8.36. The van der Waals surface area contributed by atoms with E-state index in [1.165, 1.54) is 0 Å². The number of sulfonamides is 1. The van der Waals surface area contributed by atoms with E-state index in [9.17, 15) is 8.42 Å². The lowest BCUT2D eigenvalue weighted by Gasteiger charge is -2.16. The Morgan fingerprint density at radius 3 is 2.56 bits per heavy atom. The summed E-state index contributed by atoms with van der Waals surface area (Å²) in [6, 6.07) is 3.54. The lowest BCUT2D eigenvalue weighted by molar-refractivity contribution is 0.579. The molecule has 1 atom stereocenters. The molecule has 0 amide bonds. The van der Waals surface area contributed by atoms with Crippen LogP contribution in [0.1, 0.15) is 25.2 Å². The number of hydrogen-bond donors (Lipinski definition) is 2. The summed E-state index contributed by atoms with van der Waals surface area (Å²) in [5, 5.41) is 2.54. The highest BCUT2D eigenvalue weighted by molar-refractivity contribution is 7.93. The minimum Gasteiger partial charge on any atom is -0.316 e. The number of nitrogens with one attached hydrogen (secondary N) is 2. The molecule has 1 unspecified atom stereocenters. The molecule has 2 N–H and O–H groups in total. The highest BCUT2D eigenvalue weighted by atomic mass is 32.2. The van der Waals surface area contributed by atoms with Gasteiger partial charge in [0.15, 0.2) is 0 Å². The van der Waals surface area contributed by atoms with Crippen molar-refractivity contribution in [3.05, 3.63) is 23.5 Å². The van der Waals surface area contributed by atoms with Gasteiger partial charge in [-0.1, -0.05) is 6.92 Å². The van der Waals surface area contributed by atoms with Gasteiger partial charge in [-0.3, -0.25) is 9.71 Å². The van der Waals surface area contributed by atoms with Gasteiger partial charge in [0.1, 0.15) is 0 Å². The van der Waals surface area contributed by atoms with Crippen LogP contribution in [0.2, 0.25) is 0 Å². The van der Waals surface area contributed by atoms with E-state index in [4.69, 9.17) is 0 Å². The summed E-state index contributed by atoms with van der Waals surface area (Å²) in [4.78, 5) is 4.24.